The molecule has 0 amide bonds. The maximum atomic E-state index is 6.27. The maximum Gasteiger partial charge on any atom is 0.223 e. The molecule has 0 bridgehead atoms. The van der Waals surface area contributed by atoms with Crippen molar-refractivity contribution in [3.05, 3.63) is 54.4 Å². The van der Waals surface area contributed by atoms with Crippen LogP contribution in [0.1, 0.15) is 24.6 Å². The maximum absolute atomic E-state index is 6.27. The van der Waals surface area contributed by atoms with Crippen LogP contribution in [-0.4, -0.2) is 35.0 Å². The Morgan fingerprint density at radius 2 is 1.86 bits per heavy atom. The lowest BCUT2D eigenvalue weighted by Gasteiger charge is -2.12. The number of aromatic amines is 1. The van der Waals surface area contributed by atoms with Crippen molar-refractivity contribution in [3.63, 3.8) is 0 Å². The Bertz CT molecular complexity index is 1330. The molecule has 1 aliphatic rings. The number of aromatic nitrogens is 7. The van der Waals surface area contributed by atoms with E-state index >= 15 is 0 Å². The van der Waals surface area contributed by atoms with Gasteiger partial charge in [0, 0.05) is 11.5 Å². The van der Waals surface area contributed by atoms with Gasteiger partial charge in [0.2, 0.25) is 5.95 Å². The number of benzene rings is 2. The molecule has 0 spiro atoms. The van der Waals surface area contributed by atoms with E-state index in [4.69, 9.17) is 15.7 Å². The predicted molar refractivity (Wildman–Crippen MR) is 105 cm³/mol. The van der Waals surface area contributed by atoms with Crippen molar-refractivity contribution >= 4 is 22.6 Å². The predicted octanol–water partition coefficient (Wildman–Crippen LogP) is 3.19. The minimum absolute atomic E-state index is 0.333. The molecule has 0 aliphatic heterocycles. The molecule has 8 nitrogen and oxygen atoms in total. The quantitative estimate of drug-likeness (QED) is 0.506. The Kier molecular flexibility index (Phi) is 3.05. The van der Waals surface area contributed by atoms with Crippen LogP contribution in [0.4, 0.5) is 5.95 Å². The molecule has 3 N–H and O–H groups in total. The zero-order chi connectivity index (χ0) is 18.7. The highest BCUT2D eigenvalue weighted by Gasteiger charge is 2.30. The van der Waals surface area contributed by atoms with Crippen LogP contribution in [0.15, 0.2) is 48.5 Å². The summed E-state index contributed by atoms with van der Waals surface area (Å²) in [5.41, 5.74) is 12.3. The highest BCUT2D eigenvalue weighted by atomic mass is 15.4. The average molecular weight is 368 g/mol. The summed E-state index contributed by atoms with van der Waals surface area (Å²) in [4.78, 5) is 9.56. The summed E-state index contributed by atoms with van der Waals surface area (Å²) >= 11 is 0. The van der Waals surface area contributed by atoms with Gasteiger partial charge in [-0.15, -0.1) is 10.2 Å². The summed E-state index contributed by atoms with van der Waals surface area (Å²) < 4.78 is 1.66. The van der Waals surface area contributed by atoms with E-state index in [1.807, 2.05) is 48.5 Å². The lowest BCUT2D eigenvalue weighted by atomic mass is 9.99. The van der Waals surface area contributed by atoms with Gasteiger partial charge in [0.05, 0.1) is 16.8 Å². The topological polar surface area (TPSA) is 111 Å². The van der Waals surface area contributed by atoms with Crippen LogP contribution in [0, 0.1) is 0 Å². The minimum atomic E-state index is 0.333. The number of hydrogen-bond acceptors (Lipinski definition) is 6. The third kappa shape index (κ3) is 2.27. The van der Waals surface area contributed by atoms with Crippen molar-refractivity contribution in [2.45, 2.75) is 18.8 Å². The van der Waals surface area contributed by atoms with Crippen molar-refractivity contribution in [1.29, 1.82) is 0 Å². The Hall–Kier alpha value is -3.81. The zero-order valence-corrected chi connectivity index (χ0v) is 14.9. The van der Waals surface area contributed by atoms with E-state index in [2.05, 4.69) is 20.5 Å². The molecule has 0 atom stereocenters. The van der Waals surface area contributed by atoms with Crippen LogP contribution >= 0.6 is 0 Å². The standard InChI is InChI=1S/C20H16N8/c21-20-22-17(11-4-2-1-3-5-11)16(13-8-9-14-15(10-13)25-27-24-14)19-23-18(12-6-7-12)26-28(19)20/h1-5,8-10,12H,6-7H2,(H2,21,22)(H,24,25,27). The SMILES string of the molecule is Nc1nc(-c2ccccc2)c(-c2ccc3[nH]nnc3c2)c2nc(C3CC3)nn12. The van der Waals surface area contributed by atoms with Crippen molar-refractivity contribution in [2.75, 3.05) is 5.73 Å². The van der Waals surface area contributed by atoms with Crippen LogP contribution < -0.4 is 5.73 Å². The van der Waals surface area contributed by atoms with E-state index in [-0.39, 0.29) is 0 Å². The van der Waals surface area contributed by atoms with Crippen LogP contribution in [-0.2, 0) is 0 Å². The number of nitrogen functional groups attached to an aromatic ring is 1. The van der Waals surface area contributed by atoms with Gasteiger partial charge in [0.15, 0.2) is 11.5 Å². The fraction of sp³-hybridized carbons (Fsp3) is 0.150. The molecule has 2 aromatic carbocycles. The first-order valence-corrected chi connectivity index (χ1v) is 9.21. The van der Waals surface area contributed by atoms with E-state index in [9.17, 15) is 0 Å². The van der Waals surface area contributed by atoms with Crippen LogP contribution in [0.2, 0.25) is 0 Å². The van der Waals surface area contributed by atoms with Crippen molar-refractivity contribution in [2.24, 2.45) is 0 Å². The molecule has 136 valence electrons. The number of fused-ring (bicyclic) bond motifs is 2. The highest BCUT2D eigenvalue weighted by Crippen LogP contribution is 2.40. The smallest absolute Gasteiger partial charge is 0.223 e. The minimum Gasteiger partial charge on any atom is -0.368 e. The third-order valence-corrected chi connectivity index (χ3v) is 5.13. The number of nitrogens with zero attached hydrogens (tertiary/aromatic N) is 6. The number of anilines is 1. The largest absolute Gasteiger partial charge is 0.368 e. The van der Waals surface area contributed by atoms with E-state index in [0.717, 1.165) is 57.7 Å². The molecule has 28 heavy (non-hydrogen) atoms. The molecule has 0 unspecified atom stereocenters. The van der Waals surface area contributed by atoms with Gasteiger partial charge in [-0.3, -0.25) is 5.10 Å². The van der Waals surface area contributed by atoms with E-state index < -0.39 is 0 Å². The second-order valence-corrected chi connectivity index (χ2v) is 7.08. The molecular weight excluding hydrogens is 352 g/mol. The number of rotatable bonds is 3. The van der Waals surface area contributed by atoms with Gasteiger partial charge < -0.3 is 5.73 Å². The molecular formula is C20H16N8. The fourth-order valence-corrected chi connectivity index (χ4v) is 3.56. The summed E-state index contributed by atoms with van der Waals surface area (Å²) in [7, 11) is 0. The Balaban J connectivity index is 1.70. The second-order valence-electron chi connectivity index (χ2n) is 7.08. The average Bonchev–Trinajstić information content (AvgIpc) is 3.30. The summed E-state index contributed by atoms with van der Waals surface area (Å²) in [6, 6.07) is 16.0. The van der Waals surface area contributed by atoms with Gasteiger partial charge in [0.1, 0.15) is 5.52 Å². The highest BCUT2D eigenvalue weighted by molar-refractivity contribution is 5.93. The first-order valence-electron chi connectivity index (χ1n) is 9.21. The molecule has 3 aromatic heterocycles. The van der Waals surface area contributed by atoms with Crippen molar-refractivity contribution < 1.29 is 0 Å². The fourth-order valence-electron chi connectivity index (χ4n) is 3.56. The third-order valence-electron chi connectivity index (χ3n) is 5.13. The molecule has 1 aliphatic carbocycles. The van der Waals surface area contributed by atoms with Gasteiger partial charge in [-0.05, 0) is 30.5 Å². The Morgan fingerprint density at radius 3 is 2.68 bits per heavy atom. The lowest BCUT2D eigenvalue weighted by Crippen LogP contribution is -2.05. The normalized spacial score (nSPS) is 14.1. The van der Waals surface area contributed by atoms with Gasteiger partial charge in [-0.1, -0.05) is 41.6 Å². The first-order chi connectivity index (χ1) is 13.8. The van der Waals surface area contributed by atoms with Gasteiger partial charge in [-0.2, -0.15) is 4.52 Å². The summed E-state index contributed by atoms with van der Waals surface area (Å²) in [6.07, 6.45) is 2.24. The number of H-pyrrole nitrogens is 1. The Morgan fingerprint density at radius 1 is 1.00 bits per heavy atom. The first kappa shape index (κ1) is 15.3. The summed E-state index contributed by atoms with van der Waals surface area (Å²) in [5.74, 6) is 1.59. The van der Waals surface area contributed by atoms with E-state index in [0.29, 0.717) is 11.9 Å². The monoisotopic (exact) mass is 368 g/mol. The molecule has 1 saturated carbocycles. The molecule has 0 saturated heterocycles. The van der Waals surface area contributed by atoms with Gasteiger partial charge >= 0.3 is 0 Å². The molecule has 1 fully saturated rings. The van der Waals surface area contributed by atoms with Gasteiger partial charge in [0.25, 0.3) is 0 Å². The Labute approximate surface area is 159 Å². The number of nitrogens with two attached hydrogens (primary N) is 1. The van der Waals surface area contributed by atoms with E-state index in [1.165, 1.54) is 0 Å². The summed E-state index contributed by atoms with van der Waals surface area (Å²) in [5, 5.41) is 15.6. The zero-order valence-electron chi connectivity index (χ0n) is 14.9. The van der Waals surface area contributed by atoms with Crippen LogP contribution in [0.3, 0.4) is 0 Å². The molecule has 6 rings (SSSR count). The molecule has 8 heteroatoms. The number of hydrogen-bond donors (Lipinski definition) is 2. The van der Waals surface area contributed by atoms with Crippen LogP contribution in [0.25, 0.3) is 39.1 Å². The second kappa shape index (κ2) is 5.59. The lowest BCUT2D eigenvalue weighted by molar-refractivity contribution is 0.872. The summed E-state index contributed by atoms with van der Waals surface area (Å²) in [6.45, 7) is 0. The van der Waals surface area contributed by atoms with Crippen molar-refractivity contribution in [1.82, 2.24) is 35.0 Å². The van der Waals surface area contributed by atoms with Crippen molar-refractivity contribution in [3.8, 4) is 22.4 Å². The van der Waals surface area contributed by atoms with Crippen LogP contribution in [0.5, 0.6) is 0 Å². The number of nitrogens with one attached hydrogen (secondary N) is 1. The van der Waals surface area contributed by atoms with E-state index in [1.54, 1.807) is 4.52 Å². The molecule has 3 heterocycles. The molecule has 5 aromatic rings. The van der Waals surface area contributed by atoms with Gasteiger partial charge in [-0.25, -0.2) is 9.97 Å². The molecule has 0 radical (unpaired) electrons.